The van der Waals surface area contributed by atoms with E-state index in [2.05, 4.69) is 4.98 Å². The van der Waals surface area contributed by atoms with Crippen LogP contribution < -0.4 is 0 Å². The molecule has 2 aromatic rings. The van der Waals surface area contributed by atoms with E-state index in [0.717, 1.165) is 5.56 Å². The number of phenolic OH excluding ortho intramolecular Hbond substituents is 2. The van der Waals surface area contributed by atoms with Crippen LogP contribution >= 0.6 is 0 Å². The number of nitrogens with zero attached hydrogens (tertiary/aromatic N) is 2. The van der Waals surface area contributed by atoms with E-state index in [4.69, 9.17) is 0 Å². The Hall–Kier alpha value is -1.97. The molecule has 0 atom stereocenters. The van der Waals surface area contributed by atoms with E-state index in [9.17, 15) is 10.2 Å². The van der Waals surface area contributed by atoms with Gasteiger partial charge in [-0.15, -0.1) is 0 Å². The lowest BCUT2D eigenvalue weighted by atomic mass is 10.0. The smallest absolute Gasteiger partial charge is 0.143 e. The van der Waals surface area contributed by atoms with E-state index in [1.807, 2.05) is 13.8 Å². The summed E-state index contributed by atoms with van der Waals surface area (Å²) in [6, 6.07) is 3.14. The molecule has 0 saturated carbocycles. The van der Waals surface area contributed by atoms with Gasteiger partial charge in [-0.25, -0.2) is 4.98 Å². The maximum Gasteiger partial charge on any atom is 0.143 e. The number of hydrogen-bond acceptors (Lipinski definition) is 3. The Kier molecular flexibility index (Phi) is 2.56. The van der Waals surface area contributed by atoms with Crippen molar-refractivity contribution in [3.63, 3.8) is 0 Å². The van der Waals surface area contributed by atoms with Gasteiger partial charge >= 0.3 is 0 Å². The Morgan fingerprint density at radius 3 is 2.50 bits per heavy atom. The van der Waals surface area contributed by atoms with E-state index in [-0.39, 0.29) is 17.4 Å². The molecule has 16 heavy (non-hydrogen) atoms. The van der Waals surface area contributed by atoms with Crippen LogP contribution in [0, 0.1) is 0 Å². The van der Waals surface area contributed by atoms with Crippen molar-refractivity contribution in [2.24, 2.45) is 0 Å². The number of phenols is 2. The Morgan fingerprint density at radius 2 is 1.94 bits per heavy atom. The van der Waals surface area contributed by atoms with Crippen molar-refractivity contribution in [3.8, 4) is 17.2 Å². The van der Waals surface area contributed by atoms with Crippen LogP contribution in [0.15, 0.2) is 30.9 Å². The number of hydrogen-bond donors (Lipinski definition) is 2. The Balaban J connectivity index is 2.58. The van der Waals surface area contributed by atoms with Gasteiger partial charge in [-0.05, 0) is 17.5 Å². The third-order valence-corrected chi connectivity index (χ3v) is 2.53. The summed E-state index contributed by atoms with van der Waals surface area (Å²) in [4.78, 5) is 3.93. The van der Waals surface area contributed by atoms with E-state index in [0.29, 0.717) is 5.69 Å². The summed E-state index contributed by atoms with van der Waals surface area (Å²) in [5.74, 6) is 0.360. The lowest BCUT2D eigenvalue weighted by Crippen LogP contribution is -1.95. The van der Waals surface area contributed by atoms with Crippen LogP contribution in [0.1, 0.15) is 25.3 Å². The van der Waals surface area contributed by atoms with Crippen molar-refractivity contribution < 1.29 is 10.2 Å². The minimum Gasteiger partial charge on any atom is -0.508 e. The summed E-state index contributed by atoms with van der Waals surface area (Å²) in [6.07, 6.45) is 4.99. The molecule has 1 aromatic carbocycles. The van der Waals surface area contributed by atoms with Gasteiger partial charge in [0.15, 0.2) is 0 Å². The summed E-state index contributed by atoms with van der Waals surface area (Å²) in [5.41, 5.74) is 1.43. The fraction of sp³-hybridized carbons (Fsp3) is 0.250. The zero-order valence-electron chi connectivity index (χ0n) is 9.25. The zero-order valence-corrected chi connectivity index (χ0v) is 9.25. The minimum atomic E-state index is 0.0416. The molecule has 0 spiro atoms. The first-order chi connectivity index (χ1) is 7.59. The standard InChI is InChI=1S/C12H14N2O2/c1-8(2)9-5-10(12(16)6-11(9)15)14-4-3-13-7-14/h3-8,15-16H,1-2H3. The largest absolute Gasteiger partial charge is 0.508 e. The van der Waals surface area contributed by atoms with Gasteiger partial charge in [-0.1, -0.05) is 13.8 Å². The summed E-state index contributed by atoms with van der Waals surface area (Å²) in [6.45, 7) is 3.98. The van der Waals surface area contributed by atoms with Crippen LogP contribution in [-0.4, -0.2) is 19.8 Å². The molecule has 0 saturated heterocycles. The average Bonchev–Trinajstić information content (AvgIpc) is 2.70. The second-order valence-corrected chi connectivity index (χ2v) is 4.02. The average molecular weight is 218 g/mol. The molecule has 1 heterocycles. The molecule has 0 aliphatic carbocycles. The van der Waals surface area contributed by atoms with Crippen LogP contribution in [0.5, 0.6) is 11.5 Å². The molecular formula is C12H14N2O2. The van der Waals surface area contributed by atoms with E-state index >= 15 is 0 Å². The van der Waals surface area contributed by atoms with E-state index < -0.39 is 0 Å². The highest BCUT2D eigenvalue weighted by Crippen LogP contribution is 2.33. The molecule has 2 rings (SSSR count). The first-order valence-corrected chi connectivity index (χ1v) is 5.14. The maximum atomic E-state index is 9.76. The second kappa shape index (κ2) is 3.89. The highest BCUT2D eigenvalue weighted by Gasteiger charge is 2.12. The molecule has 0 aliphatic heterocycles. The second-order valence-electron chi connectivity index (χ2n) is 4.02. The quantitative estimate of drug-likeness (QED) is 0.813. The lowest BCUT2D eigenvalue weighted by molar-refractivity contribution is 0.442. The van der Waals surface area contributed by atoms with Crippen molar-refractivity contribution in [3.05, 3.63) is 36.4 Å². The minimum absolute atomic E-state index is 0.0416. The summed E-state index contributed by atoms with van der Waals surface area (Å²) >= 11 is 0. The van der Waals surface area contributed by atoms with Gasteiger partial charge in [0, 0.05) is 18.5 Å². The molecular weight excluding hydrogens is 204 g/mol. The molecule has 0 unspecified atom stereocenters. The van der Waals surface area contributed by atoms with Gasteiger partial charge < -0.3 is 14.8 Å². The molecule has 1 aromatic heterocycles. The first-order valence-electron chi connectivity index (χ1n) is 5.14. The Morgan fingerprint density at radius 1 is 1.19 bits per heavy atom. The van der Waals surface area contributed by atoms with E-state index in [1.165, 1.54) is 6.07 Å². The van der Waals surface area contributed by atoms with Crippen molar-refractivity contribution in [1.82, 2.24) is 9.55 Å². The van der Waals surface area contributed by atoms with Crippen LogP contribution in [0.25, 0.3) is 5.69 Å². The SMILES string of the molecule is CC(C)c1cc(-n2ccnc2)c(O)cc1O. The maximum absolute atomic E-state index is 9.76. The predicted molar refractivity (Wildman–Crippen MR) is 61.0 cm³/mol. The molecule has 4 heteroatoms. The van der Waals surface area contributed by atoms with Crippen molar-refractivity contribution in [1.29, 1.82) is 0 Å². The number of imidazole rings is 1. The van der Waals surface area contributed by atoms with Gasteiger partial charge in [-0.3, -0.25) is 0 Å². The molecule has 0 radical (unpaired) electrons. The van der Waals surface area contributed by atoms with Crippen molar-refractivity contribution in [2.75, 3.05) is 0 Å². The zero-order chi connectivity index (χ0) is 11.7. The fourth-order valence-corrected chi connectivity index (χ4v) is 1.65. The molecule has 84 valence electrons. The highest BCUT2D eigenvalue weighted by atomic mass is 16.3. The normalized spacial score (nSPS) is 10.9. The van der Waals surface area contributed by atoms with Gasteiger partial charge in [0.1, 0.15) is 11.5 Å². The highest BCUT2D eigenvalue weighted by molar-refractivity contribution is 5.54. The lowest BCUT2D eigenvalue weighted by Gasteiger charge is -2.12. The number of aromatic hydroxyl groups is 2. The molecule has 2 N–H and O–H groups in total. The van der Waals surface area contributed by atoms with Crippen molar-refractivity contribution >= 4 is 0 Å². The number of aromatic nitrogens is 2. The van der Waals surface area contributed by atoms with Gasteiger partial charge in [0.05, 0.1) is 12.0 Å². The van der Waals surface area contributed by atoms with Crippen LogP contribution in [-0.2, 0) is 0 Å². The van der Waals surface area contributed by atoms with Crippen LogP contribution in [0.3, 0.4) is 0 Å². The molecule has 0 fully saturated rings. The summed E-state index contributed by atoms with van der Waals surface area (Å²) in [7, 11) is 0. The van der Waals surface area contributed by atoms with E-state index in [1.54, 1.807) is 29.4 Å². The number of rotatable bonds is 2. The topological polar surface area (TPSA) is 58.3 Å². The van der Waals surface area contributed by atoms with Crippen molar-refractivity contribution in [2.45, 2.75) is 19.8 Å². The molecule has 0 aliphatic rings. The van der Waals surface area contributed by atoms with Gasteiger partial charge in [0.2, 0.25) is 0 Å². The third-order valence-electron chi connectivity index (χ3n) is 2.53. The fourth-order valence-electron chi connectivity index (χ4n) is 1.65. The summed E-state index contributed by atoms with van der Waals surface area (Å²) < 4.78 is 1.71. The van der Waals surface area contributed by atoms with Gasteiger partial charge in [-0.2, -0.15) is 0 Å². The first kappa shape index (κ1) is 10.5. The Labute approximate surface area is 93.8 Å². The predicted octanol–water partition coefficient (Wildman–Crippen LogP) is 2.41. The number of benzene rings is 1. The molecule has 4 nitrogen and oxygen atoms in total. The molecule has 0 bridgehead atoms. The van der Waals surface area contributed by atoms with Crippen LogP contribution in [0.4, 0.5) is 0 Å². The monoisotopic (exact) mass is 218 g/mol. The van der Waals surface area contributed by atoms with Crippen LogP contribution in [0.2, 0.25) is 0 Å². The van der Waals surface area contributed by atoms with Gasteiger partial charge in [0.25, 0.3) is 0 Å². The Bertz CT molecular complexity index is 490. The molecule has 0 amide bonds. The third kappa shape index (κ3) is 1.74. The summed E-state index contributed by atoms with van der Waals surface area (Å²) in [5, 5.41) is 19.5.